The number of hydrogen-bond acceptors (Lipinski definition) is 5. The lowest BCUT2D eigenvalue weighted by molar-refractivity contribution is 0.0685. The number of carboxylic acids is 1. The van der Waals surface area contributed by atoms with Crippen molar-refractivity contribution in [3.05, 3.63) is 65.0 Å². The quantitative estimate of drug-likeness (QED) is 0.700. The fourth-order valence-electron chi connectivity index (χ4n) is 3.61. The molecule has 29 heavy (non-hydrogen) atoms. The molecule has 1 fully saturated rings. The van der Waals surface area contributed by atoms with Crippen LogP contribution in [0.4, 0.5) is 4.79 Å². The van der Waals surface area contributed by atoms with Gasteiger partial charge in [0.1, 0.15) is 17.9 Å². The van der Waals surface area contributed by atoms with Crippen LogP contribution in [0.15, 0.2) is 42.7 Å². The zero-order chi connectivity index (χ0) is 20.4. The first-order chi connectivity index (χ1) is 14.0. The van der Waals surface area contributed by atoms with E-state index in [1.807, 2.05) is 30.3 Å². The molecule has 1 atom stereocenters. The first-order valence-corrected chi connectivity index (χ1v) is 9.63. The summed E-state index contributed by atoms with van der Waals surface area (Å²) in [5.41, 5.74) is 1.34. The predicted octanol–water partition coefficient (Wildman–Crippen LogP) is 3.60. The summed E-state index contributed by atoms with van der Waals surface area (Å²) in [5.74, 6) is -0.692. The van der Waals surface area contributed by atoms with Gasteiger partial charge in [0.2, 0.25) is 0 Å². The number of halogens is 1. The summed E-state index contributed by atoms with van der Waals surface area (Å²) in [6.07, 6.45) is 3.89. The highest BCUT2D eigenvalue weighted by molar-refractivity contribution is 6.32. The number of piperidine rings is 1. The van der Waals surface area contributed by atoms with Crippen molar-refractivity contribution >= 4 is 29.2 Å². The average molecular weight is 415 g/mol. The van der Waals surface area contributed by atoms with Crippen LogP contribution in [0.1, 0.15) is 40.6 Å². The number of carboxylic acid groups (broad SMARTS) is 1. The fourth-order valence-corrected chi connectivity index (χ4v) is 3.79. The van der Waals surface area contributed by atoms with Gasteiger partial charge in [0, 0.05) is 19.0 Å². The molecule has 1 saturated heterocycles. The molecule has 0 aliphatic carbocycles. The largest absolute Gasteiger partial charge is 0.477 e. The molecule has 0 saturated carbocycles. The van der Waals surface area contributed by atoms with E-state index in [9.17, 15) is 14.7 Å². The van der Waals surface area contributed by atoms with Gasteiger partial charge in [-0.1, -0.05) is 41.9 Å². The van der Waals surface area contributed by atoms with Crippen molar-refractivity contribution in [3.63, 3.8) is 0 Å². The number of carbonyl (C=O) groups excluding carboxylic acids is 1. The summed E-state index contributed by atoms with van der Waals surface area (Å²) < 4.78 is 6.95. The summed E-state index contributed by atoms with van der Waals surface area (Å²) in [7, 11) is 0. The third-order valence-corrected chi connectivity index (χ3v) is 5.30. The van der Waals surface area contributed by atoms with Crippen molar-refractivity contribution in [2.24, 2.45) is 0 Å². The standard InChI is InChI=1S/C20H19ClN4O4/c21-17-15-9-23-18(25(15)16(10-22-17)19(26)27)14-7-4-8-24(11-14)20(28)29-12-13-5-2-1-3-6-13/h1-3,5-6,9-10,14H,4,7-8,11-12H2,(H,26,27)/t14-/m1/s1. The van der Waals surface area contributed by atoms with Crippen LogP contribution in [-0.2, 0) is 11.3 Å². The molecule has 150 valence electrons. The van der Waals surface area contributed by atoms with Gasteiger partial charge < -0.3 is 14.7 Å². The van der Waals surface area contributed by atoms with E-state index in [0.29, 0.717) is 24.4 Å². The van der Waals surface area contributed by atoms with Crippen LogP contribution in [0.5, 0.6) is 0 Å². The zero-order valence-electron chi connectivity index (χ0n) is 15.5. The molecule has 4 rings (SSSR count). The SMILES string of the molecule is O=C(O)c1cnc(Cl)c2cnc([C@@H]3CCCN(C(=O)OCc4ccccc4)C3)n12. The number of likely N-dealkylation sites (tertiary alicyclic amines) is 1. The third-order valence-electron chi connectivity index (χ3n) is 5.01. The Labute approximate surface area is 171 Å². The van der Waals surface area contributed by atoms with Crippen LogP contribution in [0, 0.1) is 0 Å². The van der Waals surface area contributed by atoms with Crippen molar-refractivity contribution in [1.82, 2.24) is 19.3 Å². The normalized spacial score (nSPS) is 16.7. The van der Waals surface area contributed by atoms with Gasteiger partial charge in [-0.05, 0) is 18.4 Å². The molecule has 0 unspecified atom stereocenters. The Kier molecular flexibility index (Phi) is 5.35. The number of aromatic nitrogens is 3. The topological polar surface area (TPSA) is 97.0 Å². The smallest absolute Gasteiger partial charge is 0.410 e. The molecule has 2 aromatic heterocycles. The molecule has 3 heterocycles. The van der Waals surface area contributed by atoms with Crippen LogP contribution >= 0.6 is 11.6 Å². The second kappa shape index (κ2) is 8.08. The monoisotopic (exact) mass is 414 g/mol. The number of ether oxygens (including phenoxy) is 1. The van der Waals surface area contributed by atoms with Gasteiger partial charge in [-0.2, -0.15) is 0 Å². The average Bonchev–Trinajstić information content (AvgIpc) is 3.19. The fraction of sp³-hybridized carbons (Fsp3) is 0.300. The number of benzene rings is 1. The van der Waals surface area contributed by atoms with E-state index in [0.717, 1.165) is 18.4 Å². The zero-order valence-corrected chi connectivity index (χ0v) is 16.2. The number of aromatic carboxylic acids is 1. The van der Waals surface area contributed by atoms with Crippen molar-refractivity contribution in [3.8, 4) is 0 Å². The Morgan fingerprint density at radius 3 is 2.76 bits per heavy atom. The van der Waals surface area contributed by atoms with E-state index in [-0.39, 0.29) is 23.4 Å². The number of nitrogens with zero attached hydrogens (tertiary/aromatic N) is 4. The van der Waals surface area contributed by atoms with Crippen LogP contribution in [0.2, 0.25) is 5.15 Å². The lowest BCUT2D eigenvalue weighted by Crippen LogP contribution is -2.40. The lowest BCUT2D eigenvalue weighted by atomic mass is 9.97. The van der Waals surface area contributed by atoms with E-state index in [2.05, 4.69) is 9.97 Å². The molecule has 1 amide bonds. The molecule has 1 aliphatic rings. The number of amides is 1. The Morgan fingerprint density at radius 1 is 1.21 bits per heavy atom. The molecule has 1 aliphatic heterocycles. The highest BCUT2D eigenvalue weighted by Gasteiger charge is 2.30. The van der Waals surface area contributed by atoms with Gasteiger partial charge >= 0.3 is 12.1 Å². The predicted molar refractivity (Wildman–Crippen MR) is 105 cm³/mol. The summed E-state index contributed by atoms with van der Waals surface area (Å²) in [5, 5.41) is 9.70. The minimum absolute atomic E-state index is 0.0133. The summed E-state index contributed by atoms with van der Waals surface area (Å²) >= 11 is 6.12. The molecule has 0 bridgehead atoms. The minimum atomic E-state index is -1.12. The minimum Gasteiger partial charge on any atom is -0.477 e. The van der Waals surface area contributed by atoms with E-state index in [1.165, 1.54) is 16.8 Å². The Hall–Kier alpha value is -3.13. The van der Waals surface area contributed by atoms with Crippen LogP contribution < -0.4 is 0 Å². The van der Waals surface area contributed by atoms with Crippen LogP contribution in [0.3, 0.4) is 0 Å². The maximum absolute atomic E-state index is 12.5. The van der Waals surface area contributed by atoms with Gasteiger partial charge in [-0.15, -0.1) is 0 Å². The molecular formula is C20H19ClN4O4. The number of hydrogen-bond donors (Lipinski definition) is 1. The van der Waals surface area contributed by atoms with Crippen molar-refractivity contribution in [2.75, 3.05) is 13.1 Å². The van der Waals surface area contributed by atoms with Gasteiger partial charge in [0.05, 0.1) is 12.4 Å². The van der Waals surface area contributed by atoms with Gasteiger partial charge in [0.15, 0.2) is 10.8 Å². The number of carbonyl (C=O) groups is 2. The molecule has 1 N–H and O–H groups in total. The van der Waals surface area contributed by atoms with E-state index in [4.69, 9.17) is 16.3 Å². The second-order valence-electron chi connectivity index (χ2n) is 6.90. The van der Waals surface area contributed by atoms with Gasteiger partial charge in [-0.3, -0.25) is 4.40 Å². The molecule has 0 spiro atoms. The van der Waals surface area contributed by atoms with E-state index >= 15 is 0 Å². The van der Waals surface area contributed by atoms with E-state index in [1.54, 1.807) is 4.90 Å². The van der Waals surface area contributed by atoms with E-state index < -0.39 is 12.1 Å². The molecule has 3 aromatic rings. The first kappa shape index (κ1) is 19.2. The van der Waals surface area contributed by atoms with Crippen LogP contribution in [0.25, 0.3) is 5.52 Å². The molecule has 9 heteroatoms. The van der Waals surface area contributed by atoms with Crippen molar-refractivity contribution in [2.45, 2.75) is 25.4 Å². The second-order valence-corrected chi connectivity index (χ2v) is 7.26. The van der Waals surface area contributed by atoms with Gasteiger partial charge in [0.25, 0.3) is 0 Å². The number of fused-ring (bicyclic) bond motifs is 1. The maximum Gasteiger partial charge on any atom is 0.410 e. The Bertz CT molecular complexity index is 1050. The molecule has 8 nitrogen and oxygen atoms in total. The van der Waals surface area contributed by atoms with Crippen molar-refractivity contribution in [1.29, 1.82) is 0 Å². The molecule has 1 aromatic carbocycles. The summed E-state index contributed by atoms with van der Waals surface area (Å²) in [6, 6.07) is 9.48. The lowest BCUT2D eigenvalue weighted by Gasteiger charge is -2.31. The highest BCUT2D eigenvalue weighted by atomic mass is 35.5. The van der Waals surface area contributed by atoms with Crippen molar-refractivity contribution < 1.29 is 19.4 Å². The number of rotatable bonds is 4. The Morgan fingerprint density at radius 2 is 2.00 bits per heavy atom. The molecular weight excluding hydrogens is 396 g/mol. The summed E-state index contributed by atoms with van der Waals surface area (Å²) in [6.45, 7) is 1.19. The highest BCUT2D eigenvalue weighted by Crippen LogP contribution is 2.29. The summed E-state index contributed by atoms with van der Waals surface area (Å²) in [4.78, 5) is 34.1. The maximum atomic E-state index is 12.5. The Balaban J connectivity index is 1.53. The third kappa shape index (κ3) is 3.88. The van der Waals surface area contributed by atoms with Crippen LogP contribution in [-0.4, -0.2) is 49.5 Å². The number of imidazole rings is 1. The first-order valence-electron chi connectivity index (χ1n) is 9.25. The van der Waals surface area contributed by atoms with Gasteiger partial charge in [-0.25, -0.2) is 19.6 Å². The molecule has 0 radical (unpaired) electrons.